The van der Waals surface area contributed by atoms with Gasteiger partial charge in [-0.3, -0.25) is 4.90 Å². The fourth-order valence-electron chi connectivity index (χ4n) is 2.63. The monoisotopic (exact) mass is 229 g/mol. The summed E-state index contributed by atoms with van der Waals surface area (Å²) < 4.78 is 1.99. The molecular weight excluding hydrogens is 214 g/mol. The summed E-state index contributed by atoms with van der Waals surface area (Å²) in [6.45, 7) is 1.96. The number of hydrogen-bond acceptors (Lipinski definition) is 4. The van der Waals surface area contributed by atoms with Gasteiger partial charge in [-0.05, 0) is 18.9 Å². The predicted molar refractivity (Wildman–Crippen MR) is 62.6 cm³/mol. The zero-order valence-electron chi connectivity index (χ0n) is 9.66. The molecule has 1 atom stereocenters. The maximum Gasteiger partial charge on any atom is 0.152 e. The summed E-state index contributed by atoms with van der Waals surface area (Å²) >= 11 is 0. The number of hydrogen-bond donors (Lipinski definition) is 0. The van der Waals surface area contributed by atoms with E-state index >= 15 is 0 Å². The molecule has 2 aliphatic rings. The SMILES string of the molecule is N#CC1CCN(C2CC=Cc3ncnn32)CC1. The average molecular weight is 229 g/mol. The van der Waals surface area contributed by atoms with E-state index in [0.717, 1.165) is 38.2 Å². The summed E-state index contributed by atoms with van der Waals surface area (Å²) in [6, 6.07) is 2.37. The van der Waals surface area contributed by atoms with Crippen LogP contribution in [0.1, 0.15) is 31.3 Å². The summed E-state index contributed by atoms with van der Waals surface area (Å²) in [5, 5.41) is 13.2. The maximum absolute atomic E-state index is 8.91. The number of fused-ring (bicyclic) bond motifs is 1. The zero-order chi connectivity index (χ0) is 11.7. The van der Waals surface area contributed by atoms with Crippen molar-refractivity contribution < 1.29 is 0 Å². The first-order valence-corrected chi connectivity index (χ1v) is 6.08. The van der Waals surface area contributed by atoms with Gasteiger partial charge in [0.1, 0.15) is 12.5 Å². The van der Waals surface area contributed by atoms with Crippen molar-refractivity contribution in [1.29, 1.82) is 5.26 Å². The minimum atomic E-state index is 0.237. The molecule has 1 aromatic rings. The minimum Gasteiger partial charge on any atom is -0.281 e. The van der Waals surface area contributed by atoms with Crippen LogP contribution in [0.5, 0.6) is 0 Å². The molecule has 1 unspecified atom stereocenters. The third kappa shape index (κ3) is 1.85. The minimum absolute atomic E-state index is 0.237. The van der Waals surface area contributed by atoms with Crippen molar-refractivity contribution in [3.8, 4) is 6.07 Å². The van der Waals surface area contributed by atoms with Gasteiger partial charge < -0.3 is 0 Å². The molecule has 0 saturated carbocycles. The topological polar surface area (TPSA) is 57.7 Å². The second-order valence-corrected chi connectivity index (χ2v) is 4.62. The van der Waals surface area contributed by atoms with Crippen molar-refractivity contribution in [1.82, 2.24) is 19.7 Å². The Morgan fingerprint density at radius 1 is 1.35 bits per heavy atom. The Morgan fingerprint density at radius 2 is 2.18 bits per heavy atom. The summed E-state index contributed by atoms with van der Waals surface area (Å²) in [5.41, 5.74) is 0. The zero-order valence-corrected chi connectivity index (χ0v) is 9.66. The standard InChI is InChI=1S/C12H15N5/c13-8-10-4-6-16(7-5-10)12-3-1-2-11-14-9-15-17(11)12/h1-2,9-10,12H,3-7H2. The quantitative estimate of drug-likeness (QED) is 0.731. The highest BCUT2D eigenvalue weighted by Gasteiger charge is 2.28. The van der Waals surface area contributed by atoms with Gasteiger partial charge in [-0.2, -0.15) is 10.4 Å². The first-order chi connectivity index (χ1) is 8.38. The lowest BCUT2D eigenvalue weighted by atomic mass is 9.98. The van der Waals surface area contributed by atoms with Gasteiger partial charge in [-0.25, -0.2) is 9.67 Å². The first kappa shape index (κ1) is 10.5. The van der Waals surface area contributed by atoms with Crippen LogP contribution >= 0.6 is 0 Å². The number of nitriles is 1. The second kappa shape index (κ2) is 4.30. The Bertz CT molecular complexity index is 461. The molecule has 17 heavy (non-hydrogen) atoms. The number of nitrogens with zero attached hydrogens (tertiary/aromatic N) is 5. The molecule has 0 aliphatic carbocycles. The van der Waals surface area contributed by atoms with Crippen molar-refractivity contribution in [3.63, 3.8) is 0 Å². The second-order valence-electron chi connectivity index (χ2n) is 4.62. The Labute approximate surface area is 100 Å². The van der Waals surface area contributed by atoms with E-state index in [1.165, 1.54) is 0 Å². The van der Waals surface area contributed by atoms with Crippen LogP contribution in [0, 0.1) is 17.2 Å². The molecule has 0 bridgehead atoms. The van der Waals surface area contributed by atoms with Crippen molar-refractivity contribution in [2.45, 2.75) is 25.4 Å². The summed E-state index contributed by atoms with van der Waals surface area (Å²) in [7, 11) is 0. The Kier molecular flexibility index (Phi) is 2.65. The fraction of sp³-hybridized carbons (Fsp3) is 0.583. The van der Waals surface area contributed by atoms with E-state index in [-0.39, 0.29) is 12.1 Å². The lowest BCUT2D eigenvalue weighted by Gasteiger charge is -2.36. The summed E-state index contributed by atoms with van der Waals surface area (Å²) in [5.74, 6) is 1.17. The number of piperidine rings is 1. The smallest absolute Gasteiger partial charge is 0.152 e. The molecule has 0 spiro atoms. The predicted octanol–water partition coefficient (Wildman–Crippen LogP) is 1.43. The summed E-state index contributed by atoms with van der Waals surface area (Å²) in [6.07, 6.45) is 9.00. The van der Waals surface area contributed by atoms with Gasteiger partial charge in [0.2, 0.25) is 0 Å². The van der Waals surface area contributed by atoms with Gasteiger partial charge in [-0.1, -0.05) is 6.08 Å². The molecule has 2 aliphatic heterocycles. The van der Waals surface area contributed by atoms with Crippen molar-refractivity contribution in [2.24, 2.45) is 5.92 Å². The van der Waals surface area contributed by atoms with Gasteiger partial charge in [-0.15, -0.1) is 0 Å². The largest absolute Gasteiger partial charge is 0.281 e. The molecule has 0 radical (unpaired) electrons. The lowest BCUT2D eigenvalue weighted by molar-refractivity contribution is 0.0911. The first-order valence-electron chi connectivity index (χ1n) is 6.08. The van der Waals surface area contributed by atoms with Gasteiger partial charge in [0.15, 0.2) is 5.82 Å². The van der Waals surface area contributed by atoms with Crippen LogP contribution in [-0.2, 0) is 0 Å². The number of aromatic nitrogens is 3. The number of rotatable bonds is 1. The highest BCUT2D eigenvalue weighted by molar-refractivity contribution is 5.41. The van der Waals surface area contributed by atoms with E-state index in [4.69, 9.17) is 5.26 Å². The van der Waals surface area contributed by atoms with Crippen LogP contribution in [-0.4, -0.2) is 32.8 Å². The highest BCUT2D eigenvalue weighted by atomic mass is 15.4. The molecule has 0 aromatic carbocycles. The van der Waals surface area contributed by atoms with Crippen molar-refractivity contribution in [2.75, 3.05) is 13.1 Å². The van der Waals surface area contributed by atoms with Crippen molar-refractivity contribution in [3.05, 3.63) is 18.2 Å². The highest BCUT2D eigenvalue weighted by Crippen LogP contribution is 2.28. The van der Waals surface area contributed by atoms with Crippen LogP contribution < -0.4 is 0 Å². The van der Waals surface area contributed by atoms with Gasteiger partial charge in [0.05, 0.1) is 6.07 Å². The Balaban J connectivity index is 1.75. The molecule has 88 valence electrons. The molecule has 5 heteroatoms. The maximum atomic E-state index is 8.91. The fourth-order valence-corrected chi connectivity index (χ4v) is 2.63. The Morgan fingerprint density at radius 3 is 2.94 bits per heavy atom. The molecule has 0 N–H and O–H groups in total. The molecular formula is C12H15N5. The van der Waals surface area contributed by atoms with Crippen molar-refractivity contribution >= 4 is 6.08 Å². The third-order valence-electron chi connectivity index (χ3n) is 3.63. The molecule has 1 fully saturated rings. The van der Waals surface area contributed by atoms with Gasteiger partial charge >= 0.3 is 0 Å². The van der Waals surface area contributed by atoms with Crippen LogP contribution in [0.4, 0.5) is 0 Å². The average Bonchev–Trinajstić information content (AvgIpc) is 2.87. The molecule has 5 nitrogen and oxygen atoms in total. The van der Waals surface area contributed by atoms with E-state index in [2.05, 4.69) is 27.1 Å². The normalized spacial score (nSPS) is 25.5. The van der Waals surface area contributed by atoms with E-state index in [1.807, 2.05) is 10.8 Å². The molecule has 3 rings (SSSR count). The van der Waals surface area contributed by atoms with E-state index < -0.39 is 0 Å². The molecule has 1 aromatic heterocycles. The van der Waals surface area contributed by atoms with Gasteiger partial charge in [0, 0.05) is 25.4 Å². The molecule has 0 amide bonds. The van der Waals surface area contributed by atoms with Crippen LogP contribution in [0.15, 0.2) is 12.4 Å². The summed E-state index contributed by atoms with van der Waals surface area (Å²) in [4.78, 5) is 6.63. The third-order valence-corrected chi connectivity index (χ3v) is 3.63. The Hall–Kier alpha value is -1.67. The molecule has 3 heterocycles. The van der Waals surface area contributed by atoms with E-state index in [1.54, 1.807) is 6.33 Å². The lowest BCUT2D eigenvalue weighted by Crippen LogP contribution is -2.40. The van der Waals surface area contributed by atoms with Crippen LogP contribution in [0.25, 0.3) is 6.08 Å². The van der Waals surface area contributed by atoms with E-state index in [0.29, 0.717) is 0 Å². The molecule has 1 saturated heterocycles. The van der Waals surface area contributed by atoms with Gasteiger partial charge in [0.25, 0.3) is 0 Å². The number of likely N-dealkylation sites (tertiary alicyclic amines) is 1. The van der Waals surface area contributed by atoms with Crippen LogP contribution in [0.2, 0.25) is 0 Å². The van der Waals surface area contributed by atoms with Crippen LogP contribution in [0.3, 0.4) is 0 Å². The van der Waals surface area contributed by atoms with E-state index in [9.17, 15) is 0 Å².